The molecule has 0 aromatic heterocycles. The van der Waals surface area contributed by atoms with E-state index in [0.717, 1.165) is 37.2 Å². The predicted octanol–water partition coefficient (Wildman–Crippen LogP) is 4.88. The Labute approximate surface area is 123 Å². The molecule has 1 aliphatic carbocycles. The Kier molecular flexibility index (Phi) is 5.51. The summed E-state index contributed by atoms with van der Waals surface area (Å²) in [5, 5.41) is 3.56. The first kappa shape index (κ1) is 15.0. The molecule has 20 heavy (non-hydrogen) atoms. The van der Waals surface area contributed by atoms with E-state index in [2.05, 4.69) is 44.3 Å². The Hall–Kier alpha value is -1.44. The van der Waals surface area contributed by atoms with Crippen molar-refractivity contribution >= 4 is 5.69 Å². The SMILES string of the molecule is CCCOc1ccc(NCC2CC(C)=CC(C)C2)cc1. The van der Waals surface area contributed by atoms with Crippen molar-refractivity contribution in [3.63, 3.8) is 0 Å². The van der Waals surface area contributed by atoms with Crippen LogP contribution in [0.4, 0.5) is 5.69 Å². The molecule has 0 aliphatic heterocycles. The minimum Gasteiger partial charge on any atom is -0.494 e. The molecule has 1 N–H and O–H groups in total. The molecular weight excluding hydrogens is 246 g/mol. The molecule has 2 heteroatoms. The van der Waals surface area contributed by atoms with E-state index in [1.165, 1.54) is 18.5 Å². The van der Waals surface area contributed by atoms with Crippen LogP contribution in [0.1, 0.15) is 40.0 Å². The average molecular weight is 273 g/mol. The van der Waals surface area contributed by atoms with Crippen molar-refractivity contribution in [1.82, 2.24) is 0 Å². The molecular formula is C18H27NO. The van der Waals surface area contributed by atoms with Gasteiger partial charge in [-0.05, 0) is 62.3 Å². The van der Waals surface area contributed by atoms with Crippen LogP contribution < -0.4 is 10.1 Å². The molecule has 0 saturated carbocycles. The highest BCUT2D eigenvalue weighted by molar-refractivity contribution is 5.46. The van der Waals surface area contributed by atoms with E-state index in [9.17, 15) is 0 Å². The van der Waals surface area contributed by atoms with Crippen LogP contribution in [0.3, 0.4) is 0 Å². The molecule has 0 spiro atoms. The van der Waals surface area contributed by atoms with Crippen LogP contribution in [0.15, 0.2) is 35.9 Å². The van der Waals surface area contributed by atoms with Crippen LogP contribution in [0.25, 0.3) is 0 Å². The van der Waals surface area contributed by atoms with E-state index in [-0.39, 0.29) is 0 Å². The van der Waals surface area contributed by atoms with E-state index in [1.807, 2.05) is 12.1 Å². The van der Waals surface area contributed by atoms with Crippen molar-refractivity contribution in [3.05, 3.63) is 35.9 Å². The van der Waals surface area contributed by atoms with E-state index < -0.39 is 0 Å². The zero-order chi connectivity index (χ0) is 14.4. The molecule has 0 amide bonds. The second-order valence-electron chi connectivity index (χ2n) is 6.05. The summed E-state index contributed by atoms with van der Waals surface area (Å²) in [6, 6.07) is 8.32. The number of anilines is 1. The zero-order valence-corrected chi connectivity index (χ0v) is 13.0. The molecule has 110 valence electrons. The number of ether oxygens (including phenoxy) is 1. The molecule has 2 atom stereocenters. The van der Waals surface area contributed by atoms with Gasteiger partial charge in [0, 0.05) is 12.2 Å². The fourth-order valence-corrected chi connectivity index (χ4v) is 2.99. The van der Waals surface area contributed by atoms with Crippen molar-refractivity contribution in [2.24, 2.45) is 11.8 Å². The van der Waals surface area contributed by atoms with Gasteiger partial charge in [0.25, 0.3) is 0 Å². The molecule has 0 saturated heterocycles. The van der Waals surface area contributed by atoms with Crippen molar-refractivity contribution in [2.75, 3.05) is 18.5 Å². The predicted molar refractivity (Wildman–Crippen MR) is 86.4 cm³/mol. The molecule has 1 aromatic carbocycles. The van der Waals surface area contributed by atoms with Crippen molar-refractivity contribution in [3.8, 4) is 5.75 Å². The molecule has 2 rings (SSSR count). The van der Waals surface area contributed by atoms with E-state index in [0.29, 0.717) is 0 Å². The van der Waals surface area contributed by atoms with Gasteiger partial charge in [-0.25, -0.2) is 0 Å². The topological polar surface area (TPSA) is 21.3 Å². The zero-order valence-electron chi connectivity index (χ0n) is 13.0. The Morgan fingerprint density at radius 3 is 2.65 bits per heavy atom. The fourth-order valence-electron chi connectivity index (χ4n) is 2.99. The standard InChI is InChI=1S/C18H27NO/c1-4-9-20-18-7-5-17(6-8-18)19-13-16-11-14(2)10-15(3)12-16/h5-8,10,14,16,19H,4,9,11-13H2,1-3H3. The maximum absolute atomic E-state index is 5.60. The van der Waals surface area contributed by atoms with Gasteiger partial charge in [-0.3, -0.25) is 0 Å². The number of hydrogen-bond donors (Lipinski definition) is 1. The third-order valence-corrected chi connectivity index (χ3v) is 3.81. The van der Waals surface area contributed by atoms with Gasteiger partial charge in [-0.15, -0.1) is 0 Å². The molecule has 0 radical (unpaired) electrons. The molecule has 0 bridgehead atoms. The van der Waals surface area contributed by atoms with Crippen LogP contribution in [-0.4, -0.2) is 13.2 Å². The first-order chi connectivity index (χ1) is 9.67. The van der Waals surface area contributed by atoms with Crippen LogP contribution in [0.5, 0.6) is 5.75 Å². The first-order valence-corrected chi connectivity index (χ1v) is 7.81. The summed E-state index contributed by atoms with van der Waals surface area (Å²) in [5.74, 6) is 2.44. The van der Waals surface area contributed by atoms with Crippen molar-refractivity contribution in [1.29, 1.82) is 0 Å². The van der Waals surface area contributed by atoms with Crippen LogP contribution in [0, 0.1) is 11.8 Å². The summed E-state index contributed by atoms with van der Waals surface area (Å²) in [5.41, 5.74) is 2.73. The fraction of sp³-hybridized carbons (Fsp3) is 0.556. The lowest BCUT2D eigenvalue weighted by atomic mass is 9.84. The molecule has 2 nitrogen and oxygen atoms in total. The Morgan fingerprint density at radius 1 is 1.25 bits per heavy atom. The Bertz CT molecular complexity index is 435. The van der Waals surface area contributed by atoms with Gasteiger partial charge >= 0.3 is 0 Å². The second-order valence-corrected chi connectivity index (χ2v) is 6.05. The van der Waals surface area contributed by atoms with Gasteiger partial charge in [0.1, 0.15) is 5.75 Å². The van der Waals surface area contributed by atoms with Gasteiger partial charge in [0.2, 0.25) is 0 Å². The van der Waals surface area contributed by atoms with E-state index in [4.69, 9.17) is 4.74 Å². The van der Waals surface area contributed by atoms with Gasteiger partial charge in [0.15, 0.2) is 0 Å². The lowest BCUT2D eigenvalue weighted by Crippen LogP contribution is -2.20. The van der Waals surface area contributed by atoms with Crippen molar-refractivity contribution < 1.29 is 4.74 Å². The highest BCUT2D eigenvalue weighted by atomic mass is 16.5. The number of rotatable bonds is 6. The molecule has 0 fully saturated rings. The second kappa shape index (κ2) is 7.37. The lowest BCUT2D eigenvalue weighted by Gasteiger charge is -2.26. The number of allylic oxidation sites excluding steroid dienone is 2. The van der Waals surface area contributed by atoms with Crippen LogP contribution >= 0.6 is 0 Å². The summed E-state index contributed by atoms with van der Waals surface area (Å²) in [7, 11) is 0. The number of nitrogens with one attached hydrogen (secondary N) is 1. The number of hydrogen-bond acceptors (Lipinski definition) is 2. The summed E-state index contributed by atoms with van der Waals surface area (Å²) in [4.78, 5) is 0. The quantitative estimate of drug-likeness (QED) is 0.746. The van der Waals surface area contributed by atoms with Gasteiger partial charge in [-0.1, -0.05) is 25.5 Å². The molecule has 0 heterocycles. The summed E-state index contributed by atoms with van der Waals surface area (Å²) in [6.07, 6.45) is 5.99. The molecule has 1 aliphatic rings. The van der Waals surface area contributed by atoms with E-state index >= 15 is 0 Å². The van der Waals surface area contributed by atoms with Gasteiger partial charge < -0.3 is 10.1 Å². The minimum atomic E-state index is 0.723. The van der Waals surface area contributed by atoms with Gasteiger partial charge in [-0.2, -0.15) is 0 Å². The Balaban J connectivity index is 1.80. The minimum absolute atomic E-state index is 0.723. The van der Waals surface area contributed by atoms with E-state index in [1.54, 1.807) is 5.57 Å². The Morgan fingerprint density at radius 2 is 2.00 bits per heavy atom. The molecule has 1 aromatic rings. The third kappa shape index (κ3) is 4.59. The van der Waals surface area contributed by atoms with Crippen LogP contribution in [0.2, 0.25) is 0 Å². The normalized spacial score (nSPS) is 22.2. The summed E-state index contributed by atoms with van der Waals surface area (Å²) in [6.45, 7) is 8.54. The highest BCUT2D eigenvalue weighted by Crippen LogP contribution is 2.28. The van der Waals surface area contributed by atoms with Crippen molar-refractivity contribution in [2.45, 2.75) is 40.0 Å². The van der Waals surface area contributed by atoms with Gasteiger partial charge in [0.05, 0.1) is 6.61 Å². The maximum Gasteiger partial charge on any atom is 0.119 e. The smallest absolute Gasteiger partial charge is 0.119 e. The van der Waals surface area contributed by atoms with Crippen LogP contribution in [-0.2, 0) is 0 Å². The third-order valence-electron chi connectivity index (χ3n) is 3.81. The average Bonchev–Trinajstić information content (AvgIpc) is 2.43. The summed E-state index contributed by atoms with van der Waals surface area (Å²) < 4.78 is 5.60. The largest absolute Gasteiger partial charge is 0.494 e. The lowest BCUT2D eigenvalue weighted by molar-refractivity contribution is 0.317. The number of benzene rings is 1. The molecule has 2 unspecified atom stereocenters. The first-order valence-electron chi connectivity index (χ1n) is 7.81. The monoisotopic (exact) mass is 273 g/mol. The maximum atomic E-state index is 5.60. The highest BCUT2D eigenvalue weighted by Gasteiger charge is 2.17. The summed E-state index contributed by atoms with van der Waals surface area (Å²) >= 11 is 0.